The number of benzene rings is 3. The normalized spacial score (nSPS) is 12.2. The predicted octanol–water partition coefficient (Wildman–Crippen LogP) is 7.68. The van der Waals surface area contributed by atoms with Crippen molar-refractivity contribution in [1.29, 1.82) is 0 Å². The van der Waals surface area contributed by atoms with Crippen LogP contribution in [0.1, 0.15) is 43.0 Å². The summed E-state index contributed by atoms with van der Waals surface area (Å²) in [7, 11) is 1.95. The number of amides is 1. The van der Waals surface area contributed by atoms with Crippen LogP contribution in [0.4, 0.5) is 20.3 Å². The van der Waals surface area contributed by atoms with E-state index in [0.29, 0.717) is 27.8 Å². The zero-order chi connectivity index (χ0) is 27.3. The average molecular weight is 535 g/mol. The summed E-state index contributed by atoms with van der Waals surface area (Å²) < 4.78 is 27.7. The number of halogens is 3. The average Bonchev–Trinajstić information content (AvgIpc) is 2.93. The minimum Gasteiger partial charge on any atom is -0.351 e. The van der Waals surface area contributed by atoms with Crippen LogP contribution in [-0.2, 0) is 17.1 Å². The Morgan fingerprint density at radius 3 is 2.32 bits per heavy atom. The second kappa shape index (κ2) is 11.7. The molecule has 1 aromatic heterocycles. The molecule has 4 rings (SSSR count). The Morgan fingerprint density at radius 1 is 1.00 bits per heavy atom. The summed E-state index contributed by atoms with van der Waals surface area (Å²) in [6, 6.07) is 20.9. The zero-order valence-corrected chi connectivity index (χ0v) is 22.2. The van der Waals surface area contributed by atoms with Gasteiger partial charge >= 0.3 is 0 Å². The van der Waals surface area contributed by atoms with Crippen molar-refractivity contribution in [3.05, 3.63) is 107 Å². The molecule has 0 spiro atoms. The predicted molar refractivity (Wildman–Crippen MR) is 149 cm³/mol. The molecule has 0 radical (unpaired) electrons. The number of alkyl halides is 2. The minimum absolute atomic E-state index is 0.0417. The van der Waals surface area contributed by atoms with Crippen LogP contribution >= 0.6 is 11.6 Å². The summed E-state index contributed by atoms with van der Waals surface area (Å²) in [5, 5.41) is 3.55. The quantitative estimate of drug-likeness (QED) is 0.239. The molecule has 0 saturated heterocycles. The Kier molecular flexibility index (Phi) is 8.37. The van der Waals surface area contributed by atoms with Gasteiger partial charge in [-0.3, -0.25) is 9.78 Å². The fourth-order valence-corrected chi connectivity index (χ4v) is 4.46. The second-order valence-corrected chi connectivity index (χ2v) is 9.50. The van der Waals surface area contributed by atoms with Crippen LogP contribution in [0.2, 0.25) is 5.02 Å². The van der Waals surface area contributed by atoms with E-state index in [1.807, 2.05) is 48.3 Å². The van der Waals surface area contributed by atoms with Crippen molar-refractivity contribution in [3.8, 4) is 11.3 Å². The topological polar surface area (TPSA) is 58.1 Å². The van der Waals surface area contributed by atoms with Crippen LogP contribution in [0.15, 0.2) is 85.2 Å². The van der Waals surface area contributed by atoms with Gasteiger partial charge in [0.2, 0.25) is 5.91 Å². The fourth-order valence-electron chi connectivity index (χ4n) is 4.17. The molecule has 0 saturated carbocycles. The number of hydrogen-bond acceptors (Lipinski definition) is 4. The Balaban J connectivity index is 1.45. The summed E-state index contributed by atoms with van der Waals surface area (Å²) >= 11 is 6.42. The number of carbonyl (C=O) groups excluding carboxylic acids is 1. The lowest BCUT2D eigenvalue weighted by Crippen LogP contribution is -2.24. The van der Waals surface area contributed by atoms with E-state index in [9.17, 15) is 13.6 Å². The highest BCUT2D eigenvalue weighted by Crippen LogP contribution is 2.34. The first kappa shape index (κ1) is 27.2. The molecular formula is C30H29ClF2N4O. The maximum Gasteiger partial charge on any atom is 0.273 e. The zero-order valence-electron chi connectivity index (χ0n) is 21.5. The monoisotopic (exact) mass is 534 g/mol. The third-order valence-corrected chi connectivity index (χ3v) is 6.92. The lowest BCUT2D eigenvalue weighted by atomic mass is 10.0. The van der Waals surface area contributed by atoms with Gasteiger partial charge in [0.15, 0.2) is 5.82 Å². The Bertz CT molecular complexity index is 1390. The van der Waals surface area contributed by atoms with Gasteiger partial charge in [-0.1, -0.05) is 73.1 Å². The minimum atomic E-state index is -2.87. The lowest BCUT2D eigenvalue weighted by Gasteiger charge is -2.28. The molecule has 0 aliphatic heterocycles. The summed E-state index contributed by atoms with van der Waals surface area (Å²) in [4.78, 5) is 23.7. The van der Waals surface area contributed by atoms with E-state index in [-0.39, 0.29) is 30.4 Å². The second-order valence-electron chi connectivity index (χ2n) is 9.09. The number of nitrogens with zero attached hydrogens (tertiary/aromatic N) is 3. The molecule has 196 valence electrons. The SMILES string of the molecule is CCC(F)(F)c1ccc(CC(=O)Nc2ccc(-c3nccnc3N(C)[C@@H](C)c3ccccc3Cl)cc2)cc1. The van der Waals surface area contributed by atoms with Crippen molar-refractivity contribution in [2.24, 2.45) is 0 Å². The molecule has 0 aliphatic carbocycles. The molecule has 0 unspecified atom stereocenters. The van der Waals surface area contributed by atoms with Crippen molar-refractivity contribution >= 4 is 29.0 Å². The largest absolute Gasteiger partial charge is 0.351 e. The molecule has 1 N–H and O–H groups in total. The number of carbonyl (C=O) groups is 1. The van der Waals surface area contributed by atoms with Crippen LogP contribution in [0.25, 0.3) is 11.3 Å². The third kappa shape index (κ3) is 6.17. The van der Waals surface area contributed by atoms with Gasteiger partial charge in [-0.25, -0.2) is 13.8 Å². The molecule has 8 heteroatoms. The van der Waals surface area contributed by atoms with E-state index in [4.69, 9.17) is 11.6 Å². The number of hydrogen-bond donors (Lipinski definition) is 1. The first-order chi connectivity index (χ1) is 18.2. The van der Waals surface area contributed by atoms with Gasteiger partial charge in [-0.15, -0.1) is 0 Å². The maximum atomic E-state index is 13.8. The molecule has 0 aliphatic rings. The molecule has 1 heterocycles. The van der Waals surface area contributed by atoms with Gasteiger partial charge in [0, 0.05) is 47.7 Å². The molecule has 1 amide bonds. The summed E-state index contributed by atoms with van der Waals surface area (Å²) in [6.45, 7) is 3.50. The number of anilines is 2. The smallest absolute Gasteiger partial charge is 0.273 e. The van der Waals surface area contributed by atoms with E-state index in [2.05, 4.69) is 22.2 Å². The first-order valence-corrected chi connectivity index (χ1v) is 12.7. The molecule has 4 aromatic rings. The maximum absolute atomic E-state index is 13.8. The number of aromatic nitrogens is 2. The van der Waals surface area contributed by atoms with E-state index in [1.54, 1.807) is 36.7 Å². The van der Waals surface area contributed by atoms with E-state index < -0.39 is 5.92 Å². The van der Waals surface area contributed by atoms with Gasteiger partial charge in [-0.2, -0.15) is 0 Å². The summed E-state index contributed by atoms with van der Waals surface area (Å²) in [5.41, 5.74) is 3.77. The summed E-state index contributed by atoms with van der Waals surface area (Å²) in [5.74, 6) is -2.40. The molecule has 5 nitrogen and oxygen atoms in total. The van der Waals surface area contributed by atoms with Gasteiger partial charge in [0.25, 0.3) is 5.92 Å². The van der Waals surface area contributed by atoms with Crippen molar-refractivity contribution in [2.75, 3.05) is 17.3 Å². The van der Waals surface area contributed by atoms with Crippen molar-refractivity contribution < 1.29 is 13.6 Å². The highest BCUT2D eigenvalue weighted by atomic mass is 35.5. The van der Waals surface area contributed by atoms with Gasteiger partial charge in [0.1, 0.15) is 5.69 Å². The van der Waals surface area contributed by atoms with Gasteiger partial charge in [0.05, 0.1) is 12.5 Å². The van der Waals surface area contributed by atoms with Crippen molar-refractivity contribution in [1.82, 2.24) is 9.97 Å². The van der Waals surface area contributed by atoms with E-state index in [0.717, 1.165) is 11.1 Å². The van der Waals surface area contributed by atoms with Crippen molar-refractivity contribution in [3.63, 3.8) is 0 Å². The van der Waals surface area contributed by atoms with E-state index >= 15 is 0 Å². The number of nitrogens with one attached hydrogen (secondary N) is 1. The van der Waals surface area contributed by atoms with Crippen LogP contribution in [0.3, 0.4) is 0 Å². The Morgan fingerprint density at radius 2 is 1.66 bits per heavy atom. The lowest BCUT2D eigenvalue weighted by molar-refractivity contribution is -0.115. The molecule has 1 atom stereocenters. The molecule has 0 fully saturated rings. The van der Waals surface area contributed by atoms with E-state index in [1.165, 1.54) is 19.1 Å². The molecule has 0 bridgehead atoms. The highest BCUT2D eigenvalue weighted by Gasteiger charge is 2.28. The Hall–Kier alpha value is -3.84. The standard InChI is InChI=1S/C30H29ClF2N4O/c1-4-30(32,33)23-13-9-21(10-14-23)19-27(38)36-24-15-11-22(12-16-24)28-29(35-18-17-34-28)37(3)20(2)25-7-5-6-8-26(25)31/h5-18,20H,4,19H2,1-3H3,(H,36,38)/t20-/m0/s1. The van der Waals surface area contributed by atoms with Crippen molar-refractivity contribution in [2.45, 2.75) is 38.7 Å². The first-order valence-electron chi connectivity index (χ1n) is 12.4. The fraction of sp³-hybridized carbons (Fsp3) is 0.233. The van der Waals surface area contributed by atoms with Crippen LogP contribution < -0.4 is 10.2 Å². The number of rotatable bonds is 9. The highest BCUT2D eigenvalue weighted by molar-refractivity contribution is 6.31. The van der Waals surface area contributed by atoms with Crippen LogP contribution in [0, 0.1) is 0 Å². The molecule has 3 aromatic carbocycles. The third-order valence-electron chi connectivity index (χ3n) is 6.58. The van der Waals surface area contributed by atoms with Crippen LogP contribution in [0.5, 0.6) is 0 Å². The Labute approximate surface area is 226 Å². The van der Waals surface area contributed by atoms with Gasteiger partial charge < -0.3 is 10.2 Å². The molecular weight excluding hydrogens is 506 g/mol. The van der Waals surface area contributed by atoms with Gasteiger partial charge in [-0.05, 0) is 36.2 Å². The summed E-state index contributed by atoms with van der Waals surface area (Å²) in [6.07, 6.45) is 3.11. The molecule has 38 heavy (non-hydrogen) atoms. The van der Waals surface area contributed by atoms with Crippen LogP contribution in [-0.4, -0.2) is 22.9 Å².